The summed E-state index contributed by atoms with van der Waals surface area (Å²) in [5.74, 6) is -1.67. The van der Waals surface area contributed by atoms with Crippen molar-refractivity contribution >= 4 is 17.6 Å². The van der Waals surface area contributed by atoms with Crippen molar-refractivity contribution in [2.24, 2.45) is 35.0 Å². The van der Waals surface area contributed by atoms with Gasteiger partial charge in [0.05, 0.1) is 48.0 Å². The van der Waals surface area contributed by atoms with E-state index >= 15 is 0 Å². The molecule has 3 fully saturated rings. The number of rotatable bonds is 10. The maximum absolute atomic E-state index is 14.1. The zero-order valence-electron chi connectivity index (χ0n) is 27.1. The monoisotopic (exact) mass is 614 g/mol. The summed E-state index contributed by atoms with van der Waals surface area (Å²) in [6.45, 7) is 8.55. The van der Waals surface area contributed by atoms with Crippen molar-refractivity contribution in [1.29, 1.82) is 0 Å². The minimum atomic E-state index is -1.26. The second-order valence-corrected chi connectivity index (χ2v) is 13.3. The molecule has 1 amide bonds. The topological polar surface area (TPSA) is 136 Å². The van der Waals surface area contributed by atoms with Gasteiger partial charge < -0.3 is 39.8 Å². The molecule has 4 aliphatic rings. The van der Waals surface area contributed by atoms with Crippen molar-refractivity contribution in [3.8, 4) is 0 Å². The number of aliphatic hydroxyl groups is 2. The number of carbonyl (C=O) groups is 2. The Morgan fingerprint density at radius 2 is 1.82 bits per heavy atom. The average Bonchev–Trinajstić information content (AvgIpc) is 3.32. The van der Waals surface area contributed by atoms with Crippen LogP contribution in [0.4, 0.5) is 5.69 Å². The lowest BCUT2D eigenvalue weighted by atomic mass is 9.47. The van der Waals surface area contributed by atoms with E-state index in [1.165, 1.54) is 6.92 Å². The predicted octanol–water partition coefficient (Wildman–Crippen LogP) is 3.52. The number of hydrogen-bond acceptors (Lipinski definition) is 9. The highest BCUT2D eigenvalue weighted by molar-refractivity contribution is 6.00. The Morgan fingerprint density at radius 1 is 1.09 bits per heavy atom. The molecule has 10 nitrogen and oxygen atoms in total. The number of anilines is 1. The maximum Gasteiger partial charge on any atom is 0.340 e. The van der Waals surface area contributed by atoms with Crippen LogP contribution < -0.4 is 10.6 Å². The van der Waals surface area contributed by atoms with Gasteiger partial charge in [0.2, 0.25) is 5.91 Å². The first kappa shape index (κ1) is 32.9. The van der Waals surface area contributed by atoms with Crippen molar-refractivity contribution in [3.05, 3.63) is 41.7 Å². The van der Waals surface area contributed by atoms with Gasteiger partial charge in [-0.25, -0.2) is 4.79 Å². The Kier molecular flexibility index (Phi) is 9.24. The second kappa shape index (κ2) is 12.4. The molecule has 3 saturated carbocycles. The lowest BCUT2D eigenvalue weighted by Gasteiger charge is -2.61. The highest BCUT2D eigenvalue weighted by Gasteiger charge is 2.78. The van der Waals surface area contributed by atoms with Crippen molar-refractivity contribution in [3.63, 3.8) is 0 Å². The van der Waals surface area contributed by atoms with Crippen molar-refractivity contribution in [2.45, 2.75) is 82.9 Å². The smallest absolute Gasteiger partial charge is 0.340 e. The maximum atomic E-state index is 14.1. The standard InChI is InChI=1S/C34H50N2O8/c1-8-21-25(41-5)17-34(40)23-16-33(19(3)27(34)29(21)43-7)26(42-6)14-15-32(18-35-9-2,30(33)28(23)38)44-31(39)22-12-10-11-13-24(22)36-20(4)37/h10-14,19,21,23,25,27-30,35,38,40H,8-9,15-18H2,1-7H3,(H,36,37)/t19-,21-,23?,25+,27?,28-,29+,30-,32-,33?,34+/m1/s1. The van der Waals surface area contributed by atoms with Gasteiger partial charge in [0.25, 0.3) is 0 Å². The number of allylic oxidation sites excluding steroid dienone is 1. The third kappa shape index (κ3) is 4.80. The molecule has 0 heterocycles. The molecule has 0 radical (unpaired) electrons. The molecule has 1 spiro atoms. The van der Waals surface area contributed by atoms with Crippen LogP contribution in [0.5, 0.6) is 0 Å². The van der Waals surface area contributed by atoms with Crippen LogP contribution in [0.3, 0.4) is 0 Å². The van der Waals surface area contributed by atoms with E-state index in [9.17, 15) is 19.8 Å². The van der Waals surface area contributed by atoms with Crippen LogP contribution in [-0.4, -0.2) is 86.0 Å². The van der Waals surface area contributed by atoms with E-state index in [2.05, 4.69) is 24.5 Å². The van der Waals surface area contributed by atoms with Gasteiger partial charge >= 0.3 is 5.97 Å². The van der Waals surface area contributed by atoms with Gasteiger partial charge in [0.15, 0.2) is 0 Å². The number of carbonyl (C=O) groups excluding carboxylic acids is 2. The van der Waals surface area contributed by atoms with Crippen molar-refractivity contribution in [2.75, 3.05) is 39.7 Å². The van der Waals surface area contributed by atoms with Gasteiger partial charge in [-0.3, -0.25) is 4.79 Å². The Bertz CT molecular complexity index is 1270. The minimum absolute atomic E-state index is 0.0652. The van der Waals surface area contributed by atoms with E-state index in [1.807, 2.05) is 13.0 Å². The molecule has 1 aromatic rings. The number of para-hydroxylation sites is 1. The van der Waals surface area contributed by atoms with Crippen LogP contribution >= 0.6 is 0 Å². The summed E-state index contributed by atoms with van der Waals surface area (Å²) in [4.78, 5) is 26.0. The van der Waals surface area contributed by atoms with E-state index in [-0.39, 0.29) is 41.4 Å². The molecule has 44 heavy (non-hydrogen) atoms. The van der Waals surface area contributed by atoms with Gasteiger partial charge in [-0.1, -0.05) is 32.9 Å². The third-order valence-corrected chi connectivity index (χ3v) is 11.6. The fraction of sp³-hybridized carbons (Fsp3) is 0.706. The number of esters is 1. The zero-order valence-corrected chi connectivity index (χ0v) is 27.1. The van der Waals surface area contributed by atoms with E-state index in [4.69, 9.17) is 18.9 Å². The highest BCUT2D eigenvalue weighted by atomic mass is 16.6. The fourth-order valence-electron chi connectivity index (χ4n) is 9.95. The largest absolute Gasteiger partial charge is 0.501 e. The van der Waals surface area contributed by atoms with Crippen LogP contribution in [0.1, 0.15) is 63.7 Å². The molecule has 1 aromatic carbocycles. The van der Waals surface area contributed by atoms with Crippen molar-refractivity contribution in [1.82, 2.24) is 5.32 Å². The lowest BCUT2D eigenvalue weighted by Crippen LogP contribution is -2.67. The number of hydrogen-bond donors (Lipinski definition) is 4. The second-order valence-electron chi connectivity index (χ2n) is 13.3. The minimum Gasteiger partial charge on any atom is -0.501 e. The van der Waals surface area contributed by atoms with Gasteiger partial charge in [-0.2, -0.15) is 0 Å². The average molecular weight is 615 g/mol. The summed E-state index contributed by atoms with van der Waals surface area (Å²) in [6.07, 6.45) is 2.47. The molecule has 4 aliphatic carbocycles. The van der Waals surface area contributed by atoms with Crippen molar-refractivity contribution < 1.29 is 38.7 Å². The molecule has 2 bridgehead atoms. The number of nitrogens with one attached hydrogen (secondary N) is 2. The van der Waals surface area contributed by atoms with E-state index in [1.54, 1.807) is 45.6 Å². The first-order valence-corrected chi connectivity index (χ1v) is 16.0. The Hall–Kier alpha value is -2.50. The summed E-state index contributed by atoms with van der Waals surface area (Å²) in [7, 11) is 5.02. The number of aliphatic hydroxyl groups excluding tert-OH is 1. The van der Waals surface area contributed by atoms with Gasteiger partial charge in [-0.15, -0.1) is 0 Å². The molecular formula is C34H50N2O8. The normalized spacial score (nSPS) is 40.8. The highest BCUT2D eigenvalue weighted by Crippen LogP contribution is 2.72. The Labute approximate surface area is 260 Å². The molecular weight excluding hydrogens is 564 g/mol. The number of likely N-dealkylation sites (N-methyl/N-ethyl adjacent to an activating group) is 1. The van der Waals surface area contributed by atoms with Gasteiger partial charge in [-0.05, 0) is 43.5 Å². The third-order valence-electron chi connectivity index (χ3n) is 11.6. The summed E-state index contributed by atoms with van der Waals surface area (Å²) >= 11 is 0. The molecule has 0 saturated heterocycles. The number of ether oxygens (including phenoxy) is 4. The Morgan fingerprint density at radius 3 is 2.43 bits per heavy atom. The number of fused-ring (bicyclic) bond motifs is 3. The molecule has 10 heteroatoms. The van der Waals surface area contributed by atoms with Crippen LogP contribution in [0.25, 0.3) is 0 Å². The lowest BCUT2D eigenvalue weighted by molar-refractivity contribution is -0.247. The molecule has 0 aromatic heterocycles. The molecule has 244 valence electrons. The number of benzene rings is 1. The van der Waals surface area contributed by atoms with Gasteiger partial charge in [0, 0.05) is 69.6 Å². The SMILES string of the molecule is CCNC[C@]1(OC(=O)c2ccccc2NC(C)=O)CC=C(OC)C23CC([C@@H](O)[C@@H]21)[C@@]1(O)C[C@H](OC)[C@@H](CC)[C@H](OC)C1[C@H]3C. The number of methoxy groups -OCH3 is 3. The first-order chi connectivity index (χ1) is 21.0. The van der Waals surface area contributed by atoms with Crippen LogP contribution in [0.15, 0.2) is 36.1 Å². The summed E-state index contributed by atoms with van der Waals surface area (Å²) < 4.78 is 24.9. The molecule has 0 aliphatic heterocycles. The van der Waals surface area contributed by atoms with E-state index in [0.717, 1.165) is 12.2 Å². The van der Waals surface area contributed by atoms with Crippen LogP contribution in [-0.2, 0) is 23.7 Å². The van der Waals surface area contributed by atoms with Crippen LogP contribution in [0, 0.1) is 35.0 Å². The van der Waals surface area contributed by atoms with Gasteiger partial charge in [0.1, 0.15) is 5.60 Å². The fourth-order valence-corrected chi connectivity index (χ4v) is 9.95. The molecule has 11 atom stereocenters. The summed E-state index contributed by atoms with van der Waals surface area (Å²) in [5, 5.41) is 31.3. The number of amides is 1. The van der Waals surface area contributed by atoms with E-state index < -0.39 is 40.5 Å². The zero-order chi connectivity index (χ0) is 32.0. The molecule has 5 rings (SSSR count). The molecule has 3 unspecified atom stereocenters. The van der Waals surface area contributed by atoms with E-state index in [0.29, 0.717) is 38.0 Å². The van der Waals surface area contributed by atoms with Crippen LogP contribution in [0.2, 0.25) is 0 Å². The summed E-state index contributed by atoms with van der Waals surface area (Å²) in [5.41, 5.74) is -2.56. The first-order valence-electron chi connectivity index (χ1n) is 16.0. The molecule has 4 N–H and O–H groups in total. The quantitative estimate of drug-likeness (QED) is 0.292. The predicted molar refractivity (Wildman–Crippen MR) is 165 cm³/mol. The summed E-state index contributed by atoms with van der Waals surface area (Å²) in [6, 6.07) is 6.77. The Balaban J connectivity index is 1.65.